The van der Waals surface area contributed by atoms with E-state index < -0.39 is 0 Å². The Labute approximate surface area is 98.0 Å². The number of nitrogens with one attached hydrogen (secondary N) is 1. The molecule has 2 heterocycles. The molecule has 0 aromatic heterocycles. The molecule has 1 N–H and O–H groups in total. The number of piperazine rings is 1. The molecule has 0 aliphatic carbocycles. The van der Waals surface area contributed by atoms with E-state index >= 15 is 0 Å². The molecule has 1 amide bonds. The van der Waals surface area contributed by atoms with E-state index in [-0.39, 0.29) is 6.04 Å². The second-order valence-corrected chi connectivity index (χ2v) is 5.31. The number of amides is 1. The molecule has 2 aliphatic rings. The van der Waals surface area contributed by atoms with Crippen molar-refractivity contribution in [3.05, 3.63) is 0 Å². The van der Waals surface area contributed by atoms with Gasteiger partial charge in [-0.25, -0.2) is 0 Å². The molecule has 0 aromatic rings. The van der Waals surface area contributed by atoms with E-state index in [1.807, 2.05) is 4.90 Å². The average Bonchev–Trinajstić information content (AvgIpc) is 2.68. The zero-order chi connectivity index (χ0) is 11.7. The van der Waals surface area contributed by atoms with Crippen LogP contribution in [0, 0.1) is 0 Å². The van der Waals surface area contributed by atoms with Crippen molar-refractivity contribution >= 4 is 5.91 Å². The quantitative estimate of drug-likeness (QED) is 0.697. The van der Waals surface area contributed by atoms with Crippen molar-refractivity contribution in [3.63, 3.8) is 0 Å². The predicted octanol–water partition coefficient (Wildman–Crippen LogP) is 0.289. The van der Waals surface area contributed by atoms with E-state index in [1.165, 1.54) is 0 Å². The summed E-state index contributed by atoms with van der Waals surface area (Å²) in [6, 6.07) is 1.06. The molecule has 3 atom stereocenters. The number of nitrogens with zero attached hydrogens (tertiary/aromatic N) is 2. The molecule has 4 heteroatoms. The molecule has 0 radical (unpaired) electrons. The fourth-order valence-corrected chi connectivity index (χ4v) is 2.59. The smallest absolute Gasteiger partial charge is 0.239 e. The number of hydrogen-bond donors (Lipinski definition) is 1. The Balaban J connectivity index is 1.90. The lowest BCUT2D eigenvalue weighted by atomic mass is 10.1. The molecule has 0 bridgehead atoms. The first kappa shape index (κ1) is 11.9. The standard InChI is InChI=1S/C12H23N3O/c1-9-4-5-11(13-9)12(16)15-7-6-14(3)10(2)8-15/h9-11,13H,4-8H2,1-3H3/t9-,10+,11-/m1/s1. The monoisotopic (exact) mass is 225 g/mol. The largest absolute Gasteiger partial charge is 0.339 e. The maximum Gasteiger partial charge on any atom is 0.239 e. The van der Waals surface area contributed by atoms with Crippen LogP contribution < -0.4 is 5.32 Å². The number of carbonyl (C=O) groups is 1. The maximum atomic E-state index is 12.2. The molecular formula is C12H23N3O. The van der Waals surface area contributed by atoms with Gasteiger partial charge in [0, 0.05) is 31.7 Å². The Kier molecular flexibility index (Phi) is 3.50. The number of likely N-dealkylation sites (N-methyl/N-ethyl adjacent to an activating group) is 1. The Morgan fingerprint density at radius 2 is 2.00 bits per heavy atom. The van der Waals surface area contributed by atoms with Crippen LogP contribution in [0.1, 0.15) is 26.7 Å². The number of hydrogen-bond acceptors (Lipinski definition) is 3. The predicted molar refractivity (Wildman–Crippen MR) is 64.3 cm³/mol. The lowest BCUT2D eigenvalue weighted by Gasteiger charge is -2.38. The van der Waals surface area contributed by atoms with Crippen LogP contribution >= 0.6 is 0 Å². The highest BCUT2D eigenvalue weighted by Gasteiger charge is 2.32. The van der Waals surface area contributed by atoms with Gasteiger partial charge in [0.05, 0.1) is 6.04 Å². The van der Waals surface area contributed by atoms with Crippen molar-refractivity contribution in [1.29, 1.82) is 0 Å². The van der Waals surface area contributed by atoms with Gasteiger partial charge in [0.25, 0.3) is 0 Å². The van der Waals surface area contributed by atoms with Gasteiger partial charge in [0.2, 0.25) is 5.91 Å². The Bertz CT molecular complexity index is 269. The number of carbonyl (C=O) groups excluding carboxylic acids is 1. The van der Waals surface area contributed by atoms with Crippen molar-refractivity contribution in [1.82, 2.24) is 15.1 Å². The Morgan fingerprint density at radius 3 is 2.56 bits per heavy atom. The van der Waals surface area contributed by atoms with Gasteiger partial charge >= 0.3 is 0 Å². The van der Waals surface area contributed by atoms with E-state index in [0.717, 1.165) is 32.5 Å². The van der Waals surface area contributed by atoms with Gasteiger partial charge < -0.3 is 15.1 Å². The third kappa shape index (κ3) is 2.38. The van der Waals surface area contributed by atoms with Crippen LogP contribution in [-0.4, -0.2) is 60.5 Å². The van der Waals surface area contributed by atoms with Gasteiger partial charge in [-0.05, 0) is 33.7 Å². The van der Waals surface area contributed by atoms with Gasteiger partial charge in [-0.2, -0.15) is 0 Å². The topological polar surface area (TPSA) is 35.6 Å². The Morgan fingerprint density at radius 1 is 1.25 bits per heavy atom. The number of rotatable bonds is 1. The third-order valence-electron chi connectivity index (χ3n) is 3.94. The van der Waals surface area contributed by atoms with Crippen LogP contribution in [0.3, 0.4) is 0 Å². The minimum atomic E-state index is 0.0746. The second-order valence-electron chi connectivity index (χ2n) is 5.31. The summed E-state index contributed by atoms with van der Waals surface area (Å²) in [6.07, 6.45) is 2.13. The summed E-state index contributed by atoms with van der Waals surface area (Å²) < 4.78 is 0. The fraction of sp³-hybridized carbons (Fsp3) is 0.917. The van der Waals surface area contributed by atoms with Gasteiger partial charge in [-0.3, -0.25) is 4.79 Å². The molecular weight excluding hydrogens is 202 g/mol. The Hall–Kier alpha value is -0.610. The molecule has 92 valence electrons. The van der Waals surface area contributed by atoms with E-state index in [4.69, 9.17) is 0 Å². The first-order valence-electron chi connectivity index (χ1n) is 6.33. The van der Waals surface area contributed by atoms with Crippen LogP contribution in [0.25, 0.3) is 0 Å². The molecule has 2 fully saturated rings. The van der Waals surface area contributed by atoms with E-state index in [2.05, 4.69) is 31.1 Å². The van der Waals surface area contributed by atoms with Crippen molar-refractivity contribution in [2.45, 2.75) is 44.8 Å². The van der Waals surface area contributed by atoms with Gasteiger partial charge in [0.15, 0.2) is 0 Å². The van der Waals surface area contributed by atoms with Crippen LogP contribution in [-0.2, 0) is 4.79 Å². The average molecular weight is 225 g/mol. The molecule has 0 saturated carbocycles. The SMILES string of the molecule is C[C@@H]1CC[C@H](C(=O)N2CCN(C)[C@@H](C)C2)N1. The molecule has 4 nitrogen and oxygen atoms in total. The zero-order valence-corrected chi connectivity index (χ0v) is 10.6. The highest BCUT2D eigenvalue weighted by molar-refractivity contribution is 5.82. The fourth-order valence-electron chi connectivity index (χ4n) is 2.59. The molecule has 0 unspecified atom stereocenters. The van der Waals surface area contributed by atoms with Crippen LogP contribution in [0.2, 0.25) is 0 Å². The lowest BCUT2D eigenvalue weighted by molar-refractivity contribution is -0.135. The normalized spacial score (nSPS) is 36.7. The van der Waals surface area contributed by atoms with Gasteiger partial charge in [-0.15, -0.1) is 0 Å². The van der Waals surface area contributed by atoms with E-state index in [9.17, 15) is 4.79 Å². The molecule has 2 rings (SSSR count). The summed E-state index contributed by atoms with van der Waals surface area (Å²) >= 11 is 0. The lowest BCUT2D eigenvalue weighted by Crippen LogP contribution is -2.55. The molecule has 0 spiro atoms. The van der Waals surface area contributed by atoms with Crippen LogP contribution in [0.15, 0.2) is 0 Å². The highest BCUT2D eigenvalue weighted by atomic mass is 16.2. The van der Waals surface area contributed by atoms with Crippen molar-refractivity contribution in [2.24, 2.45) is 0 Å². The first-order valence-corrected chi connectivity index (χ1v) is 6.33. The minimum Gasteiger partial charge on any atom is -0.339 e. The van der Waals surface area contributed by atoms with Crippen molar-refractivity contribution in [2.75, 3.05) is 26.7 Å². The second kappa shape index (κ2) is 4.72. The summed E-state index contributed by atoms with van der Waals surface area (Å²) in [5.41, 5.74) is 0. The molecule has 2 saturated heterocycles. The first-order chi connectivity index (χ1) is 7.58. The molecule has 2 aliphatic heterocycles. The summed E-state index contributed by atoms with van der Waals surface area (Å²) in [6.45, 7) is 7.09. The van der Waals surface area contributed by atoms with Gasteiger partial charge in [-0.1, -0.05) is 0 Å². The summed E-state index contributed by atoms with van der Waals surface area (Å²) in [7, 11) is 2.13. The summed E-state index contributed by atoms with van der Waals surface area (Å²) in [5, 5.41) is 3.37. The van der Waals surface area contributed by atoms with Crippen LogP contribution in [0.5, 0.6) is 0 Å². The van der Waals surface area contributed by atoms with Crippen molar-refractivity contribution in [3.8, 4) is 0 Å². The summed E-state index contributed by atoms with van der Waals surface area (Å²) in [4.78, 5) is 16.6. The highest BCUT2D eigenvalue weighted by Crippen LogP contribution is 2.16. The zero-order valence-electron chi connectivity index (χ0n) is 10.6. The summed E-state index contributed by atoms with van der Waals surface area (Å²) in [5.74, 6) is 0.310. The third-order valence-corrected chi connectivity index (χ3v) is 3.94. The minimum absolute atomic E-state index is 0.0746. The maximum absolute atomic E-state index is 12.2. The van der Waals surface area contributed by atoms with Gasteiger partial charge in [0.1, 0.15) is 0 Å². The van der Waals surface area contributed by atoms with Crippen LogP contribution in [0.4, 0.5) is 0 Å². The van der Waals surface area contributed by atoms with E-state index in [1.54, 1.807) is 0 Å². The molecule has 0 aromatic carbocycles. The molecule has 16 heavy (non-hydrogen) atoms. The van der Waals surface area contributed by atoms with Crippen molar-refractivity contribution < 1.29 is 4.79 Å². The van der Waals surface area contributed by atoms with E-state index in [0.29, 0.717) is 18.0 Å².